The Morgan fingerprint density at radius 2 is 1.94 bits per heavy atom. The topological polar surface area (TPSA) is 121 Å². The third kappa shape index (κ3) is 6.17. The predicted octanol–water partition coefficient (Wildman–Crippen LogP) is 7.52. The van der Waals surface area contributed by atoms with Crippen LogP contribution in [-0.2, 0) is 19.6 Å². The molecule has 0 aliphatic rings. The standard InChI is InChI=1S/C33H27BrF3N5O4S/c1-42-30(44)26(29(43)28-31(42)47-16-39-28)25(17-6-5-7-19(34)14-17)27-21(20-8-3-4-9-22(20)40-27)12-13-38-32(45)41-23-15-18(33(35,36)37)10-11-24(23)46-2/h3-11,14-16,25,40,43H,12-13H2,1-2H3,(H2,38,41,45). The highest BCUT2D eigenvalue weighted by Crippen LogP contribution is 2.42. The predicted molar refractivity (Wildman–Crippen MR) is 179 cm³/mol. The van der Waals surface area contributed by atoms with Gasteiger partial charge in [0.05, 0.1) is 35.4 Å². The Hall–Kier alpha value is -4.82. The molecule has 9 nitrogen and oxygen atoms in total. The second kappa shape index (κ2) is 12.8. The van der Waals surface area contributed by atoms with Crippen LogP contribution in [0.3, 0.4) is 0 Å². The van der Waals surface area contributed by atoms with Crippen LogP contribution < -0.4 is 20.9 Å². The number of thiazole rings is 1. The first-order chi connectivity index (χ1) is 22.5. The number of hydrogen-bond acceptors (Lipinski definition) is 6. The quantitative estimate of drug-likeness (QED) is 0.129. The third-order valence-electron chi connectivity index (χ3n) is 7.91. The average Bonchev–Trinajstić information content (AvgIpc) is 3.67. The molecule has 2 amide bonds. The number of halogens is 4. The minimum atomic E-state index is -4.60. The number of alkyl halides is 3. The summed E-state index contributed by atoms with van der Waals surface area (Å²) in [6, 6.07) is 17.1. The third-order valence-corrected chi connectivity index (χ3v) is 9.30. The van der Waals surface area contributed by atoms with Gasteiger partial charge in [0.15, 0.2) is 5.75 Å². The van der Waals surface area contributed by atoms with E-state index in [4.69, 9.17) is 4.74 Å². The fraction of sp³-hybridized carbons (Fsp3) is 0.182. The van der Waals surface area contributed by atoms with Crippen molar-refractivity contribution in [2.24, 2.45) is 7.05 Å². The number of aromatic amines is 1. The van der Waals surface area contributed by atoms with Gasteiger partial charge in [-0.15, -0.1) is 11.3 Å². The summed E-state index contributed by atoms with van der Waals surface area (Å²) in [6.07, 6.45) is -4.33. The smallest absolute Gasteiger partial charge is 0.416 e. The van der Waals surface area contributed by atoms with Crippen molar-refractivity contribution < 1.29 is 27.8 Å². The summed E-state index contributed by atoms with van der Waals surface area (Å²) < 4.78 is 47.3. The Labute approximate surface area is 278 Å². The molecule has 0 fully saturated rings. The van der Waals surface area contributed by atoms with E-state index in [1.165, 1.54) is 23.0 Å². The molecule has 4 N–H and O–H groups in total. The van der Waals surface area contributed by atoms with E-state index in [1.54, 1.807) is 12.6 Å². The van der Waals surface area contributed by atoms with Gasteiger partial charge in [0.25, 0.3) is 5.56 Å². The van der Waals surface area contributed by atoms with Crippen LogP contribution in [0.25, 0.3) is 21.3 Å². The van der Waals surface area contributed by atoms with E-state index in [9.17, 15) is 27.9 Å². The molecule has 3 heterocycles. The van der Waals surface area contributed by atoms with Crippen molar-refractivity contribution in [3.63, 3.8) is 0 Å². The van der Waals surface area contributed by atoms with Crippen molar-refractivity contribution in [3.05, 3.63) is 115 Å². The molecule has 3 aromatic heterocycles. The minimum Gasteiger partial charge on any atom is -0.505 e. The Kier molecular flexibility index (Phi) is 8.72. The molecule has 0 spiro atoms. The van der Waals surface area contributed by atoms with Crippen LogP contribution in [0.1, 0.15) is 33.9 Å². The van der Waals surface area contributed by atoms with Gasteiger partial charge in [-0.25, -0.2) is 9.78 Å². The largest absolute Gasteiger partial charge is 0.505 e. The molecule has 0 saturated heterocycles. The first-order valence-electron chi connectivity index (χ1n) is 14.3. The zero-order chi connectivity index (χ0) is 33.5. The van der Waals surface area contributed by atoms with E-state index in [-0.39, 0.29) is 41.3 Å². The molecule has 47 heavy (non-hydrogen) atoms. The number of H-pyrrole nitrogens is 1. The van der Waals surface area contributed by atoms with E-state index in [1.807, 2.05) is 48.5 Å². The molecule has 3 aromatic carbocycles. The van der Waals surface area contributed by atoms with Crippen LogP contribution in [0.2, 0.25) is 0 Å². The molecular weight excluding hydrogens is 699 g/mol. The number of ether oxygens (including phenoxy) is 1. The summed E-state index contributed by atoms with van der Waals surface area (Å²) in [5, 5.41) is 17.5. The van der Waals surface area contributed by atoms with Crippen molar-refractivity contribution in [1.82, 2.24) is 19.9 Å². The number of nitrogens with one attached hydrogen (secondary N) is 3. The number of hydrogen-bond donors (Lipinski definition) is 4. The first-order valence-corrected chi connectivity index (χ1v) is 15.9. The van der Waals surface area contributed by atoms with Crippen molar-refractivity contribution in [2.75, 3.05) is 19.0 Å². The van der Waals surface area contributed by atoms with Crippen LogP contribution in [0.15, 0.2) is 81.5 Å². The SMILES string of the molecule is COc1ccc(C(F)(F)F)cc1NC(=O)NCCc1c(C(c2cccc(Br)c2)c2c(O)c3ncsc3n(C)c2=O)[nH]c2ccccc12. The van der Waals surface area contributed by atoms with Gasteiger partial charge in [0.1, 0.15) is 16.1 Å². The lowest BCUT2D eigenvalue weighted by Gasteiger charge is -2.21. The maximum Gasteiger partial charge on any atom is 0.416 e. The number of anilines is 1. The highest BCUT2D eigenvalue weighted by atomic mass is 79.9. The van der Waals surface area contributed by atoms with Crippen LogP contribution in [0.4, 0.5) is 23.7 Å². The lowest BCUT2D eigenvalue weighted by molar-refractivity contribution is -0.137. The summed E-state index contributed by atoms with van der Waals surface area (Å²) in [7, 11) is 2.93. The van der Waals surface area contributed by atoms with Crippen LogP contribution in [-0.4, -0.2) is 39.3 Å². The van der Waals surface area contributed by atoms with E-state index < -0.39 is 23.7 Å². The van der Waals surface area contributed by atoms with Crippen molar-refractivity contribution in [2.45, 2.75) is 18.5 Å². The number of carbonyl (C=O) groups excluding carboxylic acids is 1. The van der Waals surface area contributed by atoms with Crippen molar-refractivity contribution in [1.29, 1.82) is 0 Å². The molecule has 6 aromatic rings. The molecule has 242 valence electrons. The summed E-state index contributed by atoms with van der Waals surface area (Å²) in [6.45, 7) is 0.0856. The zero-order valence-electron chi connectivity index (χ0n) is 24.9. The number of aromatic nitrogens is 3. The highest BCUT2D eigenvalue weighted by Gasteiger charge is 2.32. The number of methoxy groups -OCH3 is 1. The summed E-state index contributed by atoms with van der Waals surface area (Å²) in [4.78, 5) is 35.2. The van der Waals surface area contributed by atoms with E-state index in [0.29, 0.717) is 16.0 Å². The summed E-state index contributed by atoms with van der Waals surface area (Å²) in [5.74, 6) is -0.906. The molecule has 14 heteroatoms. The van der Waals surface area contributed by atoms with Gasteiger partial charge in [-0.05, 0) is 53.9 Å². The number of para-hydroxylation sites is 1. The summed E-state index contributed by atoms with van der Waals surface area (Å²) in [5.41, 5.74) is 3.48. The molecule has 0 bridgehead atoms. The second-order valence-corrected chi connectivity index (χ2v) is 12.5. The lowest BCUT2D eigenvalue weighted by Crippen LogP contribution is -2.31. The number of aryl methyl sites for hydroxylation is 1. The number of aromatic hydroxyl groups is 1. The lowest BCUT2D eigenvalue weighted by atomic mass is 9.85. The molecule has 0 saturated carbocycles. The maximum absolute atomic E-state index is 13.9. The molecule has 0 radical (unpaired) electrons. The zero-order valence-corrected chi connectivity index (χ0v) is 27.3. The number of pyridine rings is 1. The van der Waals surface area contributed by atoms with Gasteiger partial charge in [-0.3, -0.25) is 4.79 Å². The monoisotopic (exact) mass is 725 g/mol. The van der Waals surface area contributed by atoms with E-state index in [2.05, 4.69) is 36.5 Å². The normalized spacial score (nSPS) is 12.4. The Bertz CT molecular complexity index is 2190. The Morgan fingerprint density at radius 3 is 2.68 bits per heavy atom. The Morgan fingerprint density at radius 1 is 1.15 bits per heavy atom. The fourth-order valence-corrected chi connectivity index (χ4v) is 6.93. The molecule has 0 aliphatic heterocycles. The van der Waals surface area contributed by atoms with E-state index in [0.717, 1.165) is 44.7 Å². The maximum atomic E-state index is 13.9. The van der Waals surface area contributed by atoms with Crippen molar-refractivity contribution >= 4 is 60.2 Å². The van der Waals surface area contributed by atoms with Crippen LogP contribution in [0, 0.1) is 0 Å². The van der Waals surface area contributed by atoms with Gasteiger partial charge < -0.3 is 30.0 Å². The molecule has 6 rings (SSSR count). The second-order valence-electron chi connectivity index (χ2n) is 10.7. The number of nitrogens with zero attached hydrogens (tertiary/aromatic N) is 2. The summed E-state index contributed by atoms with van der Waals surface area (Å²) >= 11 is 4.78. The number of rotatable bonds is 8. The molecular formula is C33H27BrF3N5O4S. The number of amides is 2. The van der Waals surface area contributed by atoms with Crippen LogP contribution >= 0.6 is 27.3 Å². The average molecular weight is 727 g/mol. The first kappa shape index (κ1) is 32.1. The van der Waals surface area contributed by atoms with Crippen LogP contribution in [0.5, 0.6) is 11.5 Å². The minimum absolute atomic E-state index is 0.0717. The van der Waals surface area contributed by atoms with Gasteiger partial charge >= 0.3 is 12.2 Å². The van der Waals surface area contributed by atoms with Gasteiger partial charge in [-0.1, -0.05) is 46.3 Å². The number of urea groups is 1. The van der Waals surface area contributed by atoms with Gasteiger partial charge in [-0.2, -0.15) is 13.2 Å². The highest BCUT2D eigenvalue weighted by molar-refractivity contribution is 9.10. The Balaban J connectivity index is 1.39. The van der Waals surface area contributed by atoms with Crippen molar-refractivity contribution in [3.8, 4) is 11.5 Å². The fourth-order valence-electron chi connectivity index (χ4n) is 5.75. The molecule has 1 unspecified atom stereocenters. The molecule has 1 atom stereocenters. The van der Waals surface area contributed by atoms with Gasteiger partial charge in [0.2, 0.25) is 0 Å². The molecule has 0 aliphatic carbocycles. The van der Waals surface area contributed by atoms with E-state index >= 15 is 0 Å². The number of fused-ring (bicyclic) bond motifs is 2. The number of benzene rings is 3. The van der Waals surface area contributed by atoms with Gasteiger partial charge in [0, 0.05) is 34.7 Å². The number of carbonyl (C=O) groups is 1.